The number of rotatable bonds is 7. The number of nitriles is 1. The number of hydrogen-bond donors (Lipinski definition) is 0. The van der Waals surface area contributed by atoms with E-state index in [1.165, 1.54) is 26.9 Å². The highest BCUT2D eigenvalue weighted by Gasteiger charge is 2.41. The van der Waals surface area contributed by atoms with Crippen LogP contribution in [0.1, 0.15) is 65.9 Å². The summed E-state index contributed by atoms with van der Waals surface area (Å²) >= 11 is 0. The van der Waals surface area contributed by atoms with Gasteiger partial charge in [-0.25, -0.2) is 0 Å². The van der Waals surface area contributed by atoms with E-state index in [9.17, 15) is 14.9 Å². The van der Waals surface area contributed by atoms with Crippen LogP contribution in [0.4, 0.5) is 5.69 Å². The second-order valence-corrected chi connectivity index (χ2v) is 10.2. The maximum atomic E-state index is 13.4. The highest BCUT2D eigenvalue weighted by atomic mass is 16.2. The average Bonchev–Trinajstić information content (AvgIpc) is 3.08. The van der Waals surface area contributed by atoms with Gasteiger partial charge in [0.15, 0.2) is 0 Å². The van der Waals surface area contributed by atoms with E-state index in [0.29, 0.717) is 24.1 Å². The molecule has 2 aromatic carbocycles. The van der Waals surface area contributed by atoms with Gasteiger partial charge >= 0.3 is 0 Å². The second kappa shape index (κ2) is 10.1. The van der Waals surface area contributed by atoms with Crippen molar-refractivity contribution >= 4 is 28.3 Å². The largest absolute Gasteiger partial charge is 0.344 e. The third-order valence-corrected chi connectivity index (χ3v) is 7.46. The summed E-state index contributed by atoms with van der Waals surface area (Å²) in [5.74, 6) is -0.802. The molecular weight excluding hydrogens is 446 g/mol. The summed E-state index contributed by atoms with van der Waals surface area (Å²) in [6, 6.07) is 14.9. The van der Waals surface area contributed by atoms with E-state index in [1.807, 2.05) is 25.1 Å². The lowest BCUT2D eigenvalue weighted by molar-refractivity contribution is -0.140. The Morgan fingerprint density at radius 3 is 2.25 bits per heavy atom. The van der Waals surface area contributed by atoms with Crippen molar-refractivity contribution in [3.8, 4) is 6.07 Å². The minimum Gasteiger partial charge on any atom is -0.344 e. The average molecular weight is 482 g/mol. The molecule has 0 bridgehead atoms. The molecule has 2 heterocycles. The van der Waals surface area contributed by atoms with Gasteiger partial charge in [-0.15, -0.1) is 0 Å². The van der Waals surface area contributed by atoms with Crippen LogP contribution in [0.3, 0.4) is 0 Å². The quantitative estimate of drug-likeness (QED) is 0.332. The van der Waals surface area contributed by atoms with Gasteiger partial charge in [0.1, 0.15) is 11.6 Å². The molecule has 0 aromatic heterocycles. The van der Waals surface area contributed by atoms with Gasteiger partial charge in [-0.2, -0.15) is 5.26 Å². The van der Waals surface area contributed by atoms with Crippen LogP contribution in [0.25, 0.3) is 10.8 Å². The zero-order chi connectivity index (χ0) is 26.0. The van der Waals surface area contributed by atoms with E-state index >= 15 is 0 Å². The number of amides is 2. The number of imide groups is 1. The lowest BCUT2D eigenvalue weighted by Crippen LogP contribution is -2.43. The molecule has 2 aliphatic heterocycles. The summed E-state index contributed by atoms with van der Waals surface area (Å²) in [6.07, 6.45) is 7.55. The Morgan fingerprint density at radius 2 is 1.58 bits per heavy atom. The Morgan fingerprint density at radius 1 is 0.917 bits per heavy atom. The van der Waals surface area contributed by atoms with Crippen LogP contribution in [-0.2, 0) is 15.0 Å². The Hall–Kier alpha value is -3.65. The van der Waals surface area contributed by atoms with E-state index in [2.05, 4.69) is 62.1 Å². The van der Waals surface area contributed by atoms with E-state index in [-0.39, 0.29) is 16.9 Å². The van der Waals surface area contributed by atoms with Gasteiger partial charge in [0.2, 0.25) is 0 Å². The fourth-order valence-electron chi connectivity index (χ4n) is 5.43. The van der Waals surface area contributed by atoms with Crippen molar-refractivity contribution in [1.82, 2.24) is 4.90 Å². The number of fused-ring (bicyclic) bond motifs is 3. The van der Waals surface area contributed by atoms with Crippen LogP contribution in [0.15, 0.2) is 71.0 Å². The van der Waals surface area contributed by atoms with Gasteiger partial charge in [0, 0.05) is 35.5 Å². The normalized spacial score (nSPS) is 19.6. The van der Waals surface area contributed by atoms with Gasteiger partial charge < -0.3 is 4.90 Å². The lowest BCUT2D eigenvalue weighted by Gasteiger charge is -2.28. The molecule has 5 nitrogen and oxygen atoms in total. The maximum Gasteiger partial charge on any atom is 0.271 e. The zero-order valence-corrected chi connectivity index (χ0v) is 22.0. The number of carbonyl (C=O) groups is 2. The molecule has 186 valence electrons. The standard InChI is InChI=1S/C31H35N3O2/c1-6-8-18-33-26-16-14-22-12-10-11-13-24(22)28(26)31(4,5)27(33)17-15-23-21(3)25(20-32)30(36)34(29(23)35)19-9-7-2/h10-17H,6-9,18-19H2,1-5H3/b23-15+,27-17-. The molecule has 0 fully saturated rings. The highest BCUT2D eigenvalue weighted by molar-refractivity contribution is 6.18. The van der Waals surface area contributed by atoms with Crippen molar-refractivity contribution in [2.75, 3.05) is 18.0 Å². The summed E-state index contributed by atoms with van der Waals surface area (Å²) in [7, 11) is 0. The van der Waals surface area contributed by atoms with E-state index in [1.54, 1.807) is 6.92 Å². The monoisotopic (exact) mass is 481 g/mol. The first-order valence-electron chi connectivity index (χ1n) is 13.0. The van der Waals surface area contributed by atoms with Crippen LogP contribution < -0.4 is 4.90 Å². The zero-order valence-electron chi connectivity index (χ0n) is 22.0. The van der Waals surface area contributed by atoms with Crippen LogP contribution in [0, 0.1) is 11.3 Å². The molecule has 0 radical (unpaired) electrons. The molecular formula is C31H35N3O2. The molecule has 0 unspecified atom stereocenters. The number of allylic oxidation sites excluding steroid dienone is 3. The highest BCUT2D eigenvalue weighted by Crippen LogP contribution is 2.50. The Labute approximate surface area is 214 Å². The molecule has 0 spiro atoms. The summed E-state index contributed by atoms with van der Waals surface area (Å²) in [5, 5.41) is 12.1. The molecule has 0 atom stereocenters. The first kappa shape index (κ1) is 25.4. The maximum absolute atomic E-state index is 13.4. The molecule has 5 heteroatoms. The van der Waals surface area contributed by atoms with E-state index in [0.717, 1.165) is 31.5 Å². The predicted molar refractivity (Wildman–Crippen MR) is 145 cm³/mol. The lowest BCUT2D eigenvalue weighted by atomic mass is 9.81. The van der Waals surface area contributed by atoms with Gasteiger partial charge in [-0.05, 0) is 59.9 Å². The van der Waals surface area contributed by atoms with Crippen molar-refractivity contribution in [1.29, 1.82) is 5.26 Å². The minimum atomic E-state index is -0.483. The van der Waals surface area contributed by atoms with Crippen LogP contribution in [-0.4, -0.2) is 29.8 Å². The smallest absolute Gasteiger partial charge is 0.271 e. The SMILES string of the molecule is CCCCN1C(=O)C(C#N)=C(C)/C(=C\C=C2/N(CCCC)c3ccc4ccccc4c3C2(C)C)C1=O. The number of unbranched alkanes of at least 4 members (excludes halogenated alkanes) is 2. The number of benzene rings is 2. The van der Waals surface area contributed by atoms with Crippen molar-refractivity contribution in [3.05, 3.63) is 76.5 Å². The molecule has 0 saturated carbocycles. The van der Waals surface area contributed by atoms with E-state index < -0.39 is 5.91 Å². The summed E-state index contributed by atoms with van der Waals surface area (Å²) in [5.41, 5.74) is 4.26. The molecule has 4 rings (SSSR count). The topological polar surface area (TPSA) is 64.4 Å². The van der Waals surface area contributed by atoms with Crippen LogP contribution >= 0.6 is 0 Å². The molecule has 2 aromatic rings. The third kappa shape index (κ3) is 4.15. The second-order valence-electron chi connectivity index (χ2n) is 10.2. The van der Waals surface area contributed by atoms with Crippen molar-refractivity contribution in [3.63, 3.8) is 0 Å². The van der Waals surface area contributed by atoms with Crippen LogP contribution in [0.5, 0.6) is 0 Å². The fraction of sp³-hybridized carbons (Fsp3) is 0.387. The molecule has 36 heavy (non-hydrogen) atoms. The van der Waals surface area contributed by atoms with Crippen molar-refractivity contribution in [2.24, 2.45) is 0 Å². The number of carbonyl (C=O) groups excluding carboxylic acids is 2. The Kier molecular flexibility index (Phi) is 7.17. The minimum absolute atomic E-state index is 0.0538. The summed E-state index contributed by atoms with van der Waals surface area (Å²) < 4.78 is 0. The van der Waals surface area contributed by atoms with Crippen molar-refractivity contribution in [2.45, 2.75) is 65.7 Å². The fourth-order valence-corrected chi connectivity index (χ4v) is 5.43. The first-order valence-corrected chi connectivity index (χ1v) is 13.0. The number of hydrogen-bond acceptors (Lipinski definition) is 4. The first-order chi connectivity index (χ1) is 17.3. The van der Waals surface area contributed by atoms with Crippen molar-refractivity contribution < 1.29 is 9.59 Å². The summed E-state index contributed by atoms with van der Waals surface area (Å²) in [6.45, 7) is 11.6. The van der Waals surface area contributed by atoms with Crippen LogP contribution in [0.2, 0.25) is 0 Å². The Balaban J connectivity index is 1.87. The number of nitrogens with zero attached hydrogens (tertiary/aromatic N) is 3. The van der Waals surface area contributed by atoms with Gasteiger partial charge in [-0.3, -0.25) is 14.5 Å². The Bertz CT molecular complexity index is 1350. The molecule has 0 saturated heterocycles. The molecule has 0 N–H and O–H groups in total. The van der Waals surface area contributed by atoms with Gasteiger partial charge in [0.25, 0.3) is 11.8 Å². The summed E-state index contributed by atoms with van der Waals surface area (Å²) in [4.78, 5) is 29.8. The molecule has 0 aliphatic carbocycles. The molecule has 2 amide bonds. The van der Waals surface area contributed by atoms with E-state index in [4.69, 9.17) is 0 Å². The van der Waals surface area contributed by atoms with Gasteiger partial charge in [-0.1, -0.05) is 70.9 Å². The molecule has 2 aliphatic rings. The third-order valence-electron chi connectivity index (χ3n) is 7.46. The van der Waals surface area contributed by atoms with Gasteiger partial charge in [0.05, 0.1) is 0 Å². The predicted octanol–water partition coefficient (Wildman–Crippen LogP) is 6.56. The number of anilines is 1.